The van der Waals surface area contributed by atoms with Crippen LogP contribution in [0.3, 0.4) is 0 Å². The molecule has 0 saturated heterocycles. The minimum absolute atomic E-state index is 0.0321. The fourth-order valence-corrected chi connectivity index (χ4v) is 4.93. The number of aromatic nitrogens is 3. The number of aryl methyl sites for hydroxylation is 1. The van der Waals surface area contributed by atoms with Crippen LogP contribution < -0.4 is 5.32 Å². The van der Waals surface area contributed by atoms with Crippen molar-refractivity contribution in [2.75, 3.05) is 26.2 Å². The Hall–Kier alpha value is -3.16. The van der Waals surface area contributed by atoms with Crippen LogP contribution in [-0.2, 0) is 12.3 Å². The number of fused-ring (bicyclic) bond motifs is 1. The Balaban J connectivity index is 1.45. The maximum atomic E-state index is 12.5. The van der Waals surface area contributed by atoms with Crippen molar-refractivity contribution in [3.63, 3.8) is 0 Å². The van der Waals surface area contributed by atoms with Gasteiger partial charge >= 0.3 is 0 Å². The van der Waals surface area contributed by atoms with Crippen molar-refractivity contribution >= 4 is 28.7 Å². The molecule has 1 N–H and O–H groups in total. The van der Waals surface area contributed by atoms with Gasteiger partial charge in [-0.3, -0.25) is 9.78 Å². The highest BCUT2D eigenvalue weighted by Gasteiger charge is 2.13. The van der Waals surface area contributed by atoms with E-state index in [1.165, 1.54) is 11.1 Å². The van der Waals surface area contributed by atoms with E-state index in [1.807, 2.05) is 36.5 Å². The highest BCUT2D eigenvalue weighted by Crippen LogP contribution is 2.27. The molecule has 0 aliphatic rings. The van der Waals surface area contributed by atoms with Gasteiger partial charge in [0.15, 0.2) is 5.16 Å². The number of benzene rings is 2. The molecule has 6 nitrogen and oxygen atoms in total. The zero-order valence-electron chi connectivity index (χ0n) is 20.7. The molecule has 4 aromatic rings. The molecule has 0 fully saturated rings. The van der Waals surface area contributed by atoms with Gasteiger partial charge in [-0.1, -0.05) is 67.6 Å². The number of imidazole rings is 1. The second-order valence-electron chi connectivity index (χ2n) is 8.60. The number of thioether (sulfide) groups is 1. The van der Waals surface area contributed by atoms with Gasteiger partial charge in [0, 0.05) is 30.6 Å². The monoisotopic (exact) mass is 487 g/mol. The van der Waals surface area contributed by atoms with Crippen LogP contribution in [-0.4, -0.2) is 51.5 Å². The van der Waals surface area contributed by atoms with Gasteiger partial charge in [0.2, 0.25) is 0 Å². The van der Waals surface area contributed by atoms with E-state index in [9.17, 15) is 4.79 Å². The van der Waals surface area contributed by atoms with Gasteiger partial charge in [-0.15, -0.1) is 0 Å². The van der Waals surface area contributed by atoms with Crippen molar-refractivity contribution in [2.45, 2.75) is 38.2 Å². The minimum Gasteiger partial charge on any atom is -0.351 e. The Kier molecular flexibility index (Phi) is 8.55. The summed E-state index contributed by atoms with van der Waals surface area (Å²) in [7, 11) is 0. The molecule has 0 spiro atoms. The number of rotatable bonds is 11. The summed E-state index contributed by atoms with van der Waals surface area (Å²) in [5.74, 6) is 0.819. The summed E-state index contributed by atoms with van der Waals surface area (Å²) >= 11 is 1.73. The standard InChI is InChI=1S/C28H33N5OS/c1-4-32(5-2)17-16-30-27(34)24-12-10-22(11-13-24)19-33-26-18-29-15-14-25(26)31-28(33)35-20-23-8-6-21(3)7-9-23/h6-15,18H,4-5,16-17,19-20H2,1-3H3,(H,30,34). The van der Waals surface area contributed by atoms with Crippen LogP contribution in [0.1, 0.15) is 40.9 Å². The van der Waals surface area contributed by atoms with Crippen molar-refractivity contribution in [1.82, 2.24) is 24.8 Å². The molecule has 0 atom stereocenters. The number of amides is 1. The number of carbonyl (C=O) groups excluding carboxylic acids is 1. The molecule has 4 rings (SSSR count). The zero-order valence-corrected chi connectivity index (χ0v) is 21.5. The molecule has 2 aromatic heterocycles. The lowest BCUT2D eigenvalue weighted by Gasteiger charge is -2.18. The summed E-state index contributed by atoms with van der Waals surface area (Å²) in [4.78, 5) is 24.0. The maximum Gasteiger partial charge on any atom is 0.251 e. The van der Waals surface area contributed by atoms with Gasteiger partial charge in [-0.25, -0.2) is 4.98 Å². The molecular weight excluding hydrogens is 454 g/mol. The maximum absolute atomic E-state index is 12.5. The molecule has 1 amide bonds. The predicted molar refractivity (Wildman–Crippen MR) is 144 cm³/mol. The van der Waals surface area contributed by atoms with E-state index < -0.39 is 0 Å². The second-order valence-corrected chi connectivity index (χ2v) is 9.54. The Morgan fingerprint density at radius 2 is 1.71 bits per heavy atom. The van der Waals surface area contributed by atoms with E-state index in [2.05, 4.69) is 64.8 Å². The van der Waals surface area contributed by atoms with Crippen LogP contribution in [0.5, 0.6) is 0 Å². The van der Waals surface area contributed by atoms with Gasteiger partial charge in [-0.2, -0.15) is 0 Å². The molecule has 0 unspecified atom stereocenters. The first-order valence-corrected chi connectivity index (χ1v) is 13.1. The number of pyridine rings is 1. The second kappa shape index (κ2) is 12.0. The largest absolute Gasteiger partial charge is 0.351 e. The van der Waals surface area contributed by atoms with Crippen molar-refractivity contribution < 1.29 is 4.79 Å². The smallest absolute Gasteiger partial charge is 0.251 e. The lowest BCUT2D eigenvalue weighted by molar-refractivity contribution is 0.0949. The predicted octanol–water partition coefficient (Wildman–Crippen LogP) is 5.15. The average molecular weight is 488 g/mol. The third kappa shape index (κ3) is 6.50. The van der Waals surface area contributed by atoms with Crippen LogP contribution in [0.15, 0.2) is 72.1 Å². The number of nitrogens with zero attached hydrogens (tertiary/aromatic N) is 4. The van der Waals surface area contributed by atoms with Gasteiger partial charge in [0.05, 0.1) is 23.8 Å². The summed E-state index contributed by atoms with van der Waals surface area (Å²) < 4.78 is 2.21. The SMILES string of the molecule is CCN(CC)CCNC(=O)c1ccc(Cn2c(SCc3ccc(C)cc3)nc3ccncc32)cc1. The molecule has 0 saturated carbocycles. The molecule has 0 radical (unpaired) electrons. The first kappa shape index (κ1) is 24.9. The third-order valence-electron chi connectivity index (χ3n) is 6.17. The van der Waals surface area contributed by atoms with Crippen molar-refractivity contribution in [1.29, 1.82) is 0 Å². The zero-order chi connectivity index (χ0) is 24.6. The van der Waals surface area contributed by atoms with Crippen LogP contribution in [0.2, 0.25) is 0 Å². The van der Waals surface area contributed by atoms with Crippen LogP contribution in [0.4, 0.5) is 0 Å². The van der Waals surface area contributed by atoms with Crippen molar-refractivity contribution in [3.8, 4) is 0 Å². The van der Waals surface area contributed by atoms with Crippen molar-refractivity contribution in [3.05, 3.63) is 89.2 Å². The third-order valence-corrected chi connectivity index (χ3v) is 7.22. The number of likely N-dealkylation sites (N-methyl/N-ethyl adjacent to an activating group) is 1. The number of nitrogens with one attached hydrogen (secondary N) is 1. The summed E-state index contributed by atoms with van der Waals surface area (Å²) in [6, 6.07) is 18.4. The highest BCUT2D eigenvalue weighted by atomic mass is 32.2. The normalized spacial score (nSPS) is 11.3. The summed E-state index contributed by atoms with van der Waals surface area (Å²) in [6.45, 7) is 10.5. The average Bonchev–Trinajstić information content (AvgIpc) is 3.24. The van der Waals surface area contributed by atoms with Gasteiger partial charge in [-0.05, 0) is 49.3 Å². The molecule has 0 aliphatic heterocycles. The van der Waals surface area contributed by atoms with E-state index in [4.69, 9.17) is 4.98 Å². The van der Waals surface area contributed by atoms with E-state index in [0.29, 0.717) is 18.7 Å². The van der Waals surface area contributed by atoms with Gasteiger partial charge in [0.1, 0.15) is 0 Å². The first-order valence-electron chi connectivity index (χ1n) is 12.2. The Labute approximate surface area is 211 Å². The van der Waals surface area contributed by atoms with Gasteiger partial charge < -0.3 is 14.8 Å². The van der Waals surface area contributed by atoms with Crippen LogP contribution in [0, 0.1) is 6.92 Å². The topological polar surface area (TPSA) is 63.1 Å². The quantitative estimate of drug-likeness (QED) is 0.296. The van der Waals surface area contributed by atoms with E-state index in [-0.39, 0.29) is 5.91 Å². The first-order chi connectivity index (χ1) is 17.1. The Morgan fingerprint density at radius 1 is 1.00 bits per heavy atom. The molecular formula is C28H33N5OS. The molecule has 0 bridgehead atoms. The van der Waals surface area contributed by atoms with Crippen LogP contribution in [0.25, 0.3) is 11.0 Å². The molecule has 7 heteroatoms. The Morgan fingerprint density at radius 3 is 2.43 bits per heavy atom. The number of carbonyl (C=O) groups is 1. The molecule has 35 heavy (non-hydrogen) atoms. The molecule has 2 aromatic carbocycles. The van der Waals surface area contributed by atoms with E-state index in [1.54, 1.807) is 18.0 Å². The summed E-state index contributed by atoms with van der Waals surface area (Å²) in [6.07, 6.45) is 3.65. The fraction of sp³-hybridized carbons (Fsp3) is 0.321. The summed E-state index contributed by atoms with van der Waals surface area (Å²) in [5.41, 5.74) is 6.28. The molecule has 2 heterocycles. The van der Waals surface area contributed by atoms with Gasteiger partial charge in [0.25, 0.3) is 5.91 Å². The van der Waals surface area contributed by atoms with Crippen LogP contribution >= 0.6 is 11.8 Å². The summed E-state index contributed by atoms with van der Waals surface area (Å²) in [5, 5.41) is 3.99. The lowest BCUT2D eigenvalue weighted by atomic mass is 10.1. The fourth-order valence-electron chi connectivity index (χ4n) is 3.96. The number of hydrogen-bond donors (Lipinski definition) is 1. The number of hydrogen-bond acceptors (Lipinski definition) is 5. The molecule has 0 aliphatic carbocycles. The lowest BCUT2D eigenvalue weighted by Crippen LogP contribution is -2.34. The molecule has 182 valence electrons. The van der Waals surface area contributed by atoms with E-state index >= 15 is 0 Å². The van der Waals surface area contributed by atoms with Crippen molar-refractivity contribution in [2.24, 2.45) is 0 Å². The Bertz CT molecular complexity index is 1250. The van der Waals surface area contributed by atoms with E-state index in [0.717, 1.165) is 47.1 Å². The highest BCUT2D eigenvalue weighted by molar-refractivity contribution is 7.98. The minimum atomic E-state index is -0.0321.